The Balaban J connectivity index is 1.87. The number of anilines is 1. The van der Waals surface area contributed by atoms with E-state index in [0.717, 1.165) is 22.5 Å². The number of nitrogens with zero attached hydrogens (tertiary/aromatic N) is 5. The Morgan fingerprint density at radius 2 is 2.04 bits per heavy atom. The topological polar surface area (TPSA) is 77.6 Å². The molecular weight excluding hydrogens is 304 g/mol. The third-order valence-electron chi connectivity index (χ3n) is 4.03. The van der Waals surface area contributed by atoms with E-state index in [1.807, 2.05) is 25.2 Å². The molecule has 1 atom stereocenters. The molecule has 126 valence electrons. The molecule has 0 aliphatic heterocycles. The molecule has 0 aliphatic carbocycles. The molecule has 0 saturated carbocycles. The number of benzene rings is 1. The zero-order valence-corrected chi connectivity index (χ0v) is 14.6. The van der Waals surface area contributed by atoms with Crippen LogP contribution in [0.4, 0.5) is 5.69 Å². The molecule has 1 aromatic carbocycles. The standard InChI is InChI=1S/C17H22N6O/c1-11(23-10-18-9-19-23)15(24)20-12-6-7-14-13(8-12)21-16(22(14)5)17(2,3)4/h6-11H,1-5H3,(H,20,24). The summed E-state index contributed by atoms with van der Waals surface area (Å²) in [6.45, 7) is 8.19. The van der Waals surface area contributed by atoms with Crippen LogP contribution in [0.3, 0.4) is 0 Å². The van der Waals surface area contributed by atoms with Crippen LogP contribution in [-0.4, -0.2) is 30.2 Å². The molecule has 0 aliphatic rings. The first-order valence-electron chi connectivity index (χ1n) is 7.89. The molecule has 1 amide bonds. The van der Waals surface area contributed by atoms with Gasteiger partial charge in [-0.1, -0.05) is 20.8 Å². The van der Waals surface area contributed by atoms with Crippen molar-refractivity contribution in [1.82, 2.24) is 24.3 Å². The lowest BCUT2D eigenvalue weighted by Gasteiger charge is -2.17. The first kappa shape index (κ1) is 16.2. The van der Waals surface area contributed by atoms with Gasteiger partial charge in [-0.05, 0) is 25.1 Å². The van der Waals surface area contributed by atoms with Gasteiger partial charge in [0.25, 0.3) is 0 Å². The molecule has 2 heterocycles. The second-order valence-corrected chi connectivity index (χ2v) is 6.99. The Kier molecular flexibility index (Phi) is 3.87. The maximum Gasteiger partial charge on any atom is 0.249 e. The molecule has 1 N–H and O–H groups in total. The normalized spacial score (nSPS) is 13.2. The van der Waals surface area contributed by atoms with E-state index in [-0.39, 0.29) is 11.3 Å². The SMILES string of the molecule is CC(C(=O)Nc1ccc2c(c1)nc(C(C)(C)C)n2C)n1cncn1. The van der Waals surface area contributed by atoms with Gasteiger partial charge in [-0.15, -0.1) is 0 Å². The number of rotatable bonds is 3. The first-order valence-corrected chi connectivity index (χ1v) is 7.89. The summed E-state index contributed by atoms with van der Waals surface area (Å²) in [5.74, 6) is 0.865. The van der Waals surface area contributed by atoms with Crippen molar-refractivity contribution in [2.24, 2.45) is 7.05 Å². The molecule has 0 fully saturated rings. The van der Waals surface area contributed by atoms with Crippen molar-refractivity contribution in [3.8, 4) is 0 Å². The van der Waals surface area contributed by atoms with Gasteiger partial charge < -0.3 is 9.88 Å². The largest absolute Gasteiger partial charge is 0.331 e. The van der Waals surface area contributed by atoms with E-state index in [9.17, 15) is 4.79 Å². The Morgan fingerprint density at radius 3 is 2.67 bits per heavy atom. The van der Waals surface area contributed by atoms with Gasteiger partial charge in [0.2, 0.25) is 5.91 Å². The second-order valence-electron chi connectivity index (χ2n) is 6.99. The number of carbonyl (C=O) groups excluding carboxylic acids is 1. The fourth-order valence-corrected chi connectivity index (χ4v) is 2.73. The molecule has 3 rings (SSSR count). The van der Waals surface area contributed by atoms with Gasteiger partial charge in [0.15, 0.2) is 0 Å². The Labute approximate surface area is 140 Å². The minimum absolute atomic E-state index is 0.0429. The average Bonchev–Trinajstić information content (AvgIpc) is 3.14. The highest BCUT2D eigenvalue weighted by molar-refractivity contribution is 5.95. The number of fused-ring (bicyclic) bond motifs is 1. The van der Waals surface area contributed by atoms with E-state index in [2.05, 4.69) is 40.7 Å². The van der Waals surface area contributed by atoms with E-state index in [0.29, 0.717) is 0 Å². The van der Waals surface area contributed by atoms with Gasteiger partial charge in [-0.3, -0.25) is 4.79 Å². The van der Waals surface area contributed by atoms with Gasteiger partial charge in [-0.2, -0.15) is 5.10 Å². The number of aryl methyl sites for hydroxylation is 1. The molecule has 7 nitrogen and oxygen atoms in total. The number of imidazole rings is 1. The average molecular weight is 326 g/mol. The monoisotopic (exact) mass is 326 g/mol. The van der Waals surface area contributed by atoms with Gasteiger partial charge in [0, 0.05) is 18.2 Å². The summed E-state index contributed by atoms with van der Waals surface area (Å²) < 4.78 is 3.62. The van der Waals surface area contributed by atoms with Crippen LogP contribution in [0.25, 0.3) is 11.0 Å². The summed E-state index contributed by atoms with van der Waals surface area (Å²) in [7, 11) is 2.01. The van der Waals surface area contributed by atoms with Gasteiger partial charge >= 0.3 is 0 Å². The van der Waals surface area contributed by atoms with Crippen LogP contribution in [0.2, 0.25) is 0 Å². The molecule has 24 heavy (non-hydrogen) atoms. The van der Waals surface area contributed by atoms with Crippen LogP contribution in [0.15, 0.2) is 30.9 Å². The Morgan fingerprint density at radius 1 is 1.29 bits per heavy atom. The van der Waals surface area contributed by atoms with Gasteiger partial charge in [0.1, 0.15) is 24.5 Å². The number of amides is 1. The number of carbonyl (C=O) groups is 1. The number of hydrogen-bond donors (Lipinski definition) is 1. The van der Waals surface area contributed by atoms with Crippen molar-refractivity contribution >= 4 is 22.6 Å². The number of nitrogens with one attached hydrogen (secondary N) is 1. The van der Waals surface area contributed by atoms with Gasteiger partial charge in [-0.25, -0.2) is 14.6 Å². The molecular formula is C17H22N6O. The van der Waals surface area contributed by atoms with E-state index in [1.54, 1.807) is 6.92 Å². The van der Waals surface area contributed by atoms with E-state index >= 15 is 0 Å². The lowest BCUT2D eigenvalue weighted by Crippen LogP contribution is -2.24. The van der Waals surface area contributed by atoms with Crippen LogP contribution in [0.5, 0.6) is 0 Å². The molecule has 0 saturated heterocycles. The predicted molar refractivity (Wildman–Crippen MR) is 92.8 cm³/mol. The minimum Gasteiger partial charge on any atom is -0.331 e. The van der Waals surface area contributed by atoms with Crippen molar-refractivity contribution in [2.75, 3.05) is 5.32 Å². The molecule has 1 unspecified atom stereocenters. The smallest absolute Gasteiger partial charge is 0.249 e. The zero-order valence-electron chi connectivity index (χ0n) is 14.6. The summed E-state index contributed by atoms with van der Waals surface area (Å²) in [6, 6.07) is 5.34. The summed E-state index contributed by atoms with van der Waals surface area (Å²) in [5, 5.41) is 6.91. The van der Waals surface area contributed by atoms with Crippen LogP contribution in [-0.2, 0) is 17.3 Å². The lowest BCUT2D eigenvalue weighted by atomic mass is 9.96. The third-order valence-corrected chi connectivity index (χ3v) is 4.03. The van der Waals surface area contributed by atoms with Crippen LogP contribution in [0.1, 0.15) is 39.6 Å². The Hall–Kier alpha value is -2.70. The highest BCUT2D eigenvalue weighted by atomic mass is 16.2. The molecule has 2 aromatic heterocycles. The third kappa shape index (κ3) is 2.89. The maximum absolute atomic E-state index is 12.4. The van der Waals surface area contributed by atoms with E-state index in [4.69, 9.17) is 4.98 Å². The lowest BCUT2D eigenvalue weighted by molar-refractivity contribution is -0.119. The fourth-order valence-electron chi connectivity index (χ4n) is 2.73. The number of aromatic nitrogens is 5. The van der Waals surface area contributed by atoms with Crippen LogP contribution >= 0.6 is 0 Å². The van der Waals surface area contributed by atoms with Crippen LogP contribution in [0, 0.1) is 0 Å². The van der Waals surface area contributed by atoms with Crippen molar-refractivity contribution < 1.29 is 4.79 Å². The predicted octanol–water partition coefficient (Wildman–Crippen LogP) is 2.66. The quantitative estimate of drug-likeness (QED) is 0.802. The van der Waals surface area contributed by atoms with E-state index in [1.165, 1.54) is 17.3 Å². The highest BCUT2D eigenvalue weighted by Crippen LogP contribution is 2.27. The van der Waals surface area contributed by atoms with Crippen LogP contribution < -0.4 is 5.32 Å². The minimum atomic E-state index is -0.433. The number of hydrogen-bond acceptors (Lipinski definition) is 4. The van der Waals surface area contributed by atoms with Gasteiger partial charge in [0.05, 0.1) is 11.0 Å². The molecule has 7 heteroatoms. The summed E-state index contributed by atoms with van der Waals surface area (Å²) >= 11 is 0. The molecule has 0 spiro atoms. The fraction of sp³-hybridized carbons (Fsp3) is 0.412. The summed E-state index contributed by atoms with van der Waals surface area (Å²) in [4.78, 5) is 21.0. The maximum atomic E-state index is 12.4. The highest BCUT2D eigenvalue weighted by Gasteiger charge is 2.21. The summed E-state index contributed by atoms with van der Waals surface area (Å²) in [6.07, 6.45) is 2.94. The first-order chi connectivity index (χ1) is 11.3. The van der Waals surface area contributed by atoms with Crippen molar-refractivity contribution in [3.63, 3.8) is 0 Å². The van der Waals surface area contributed by atoms with Crippen molar-refractivity contribution in [1.29, 1.82) is 0 Å². The molecule has 0 bridgehead atoms. The molecule has 0 radical (unpaired) electrons. The zero-order chi connectivity index (χ0) is 17.5. The second kappa shape index (κ2) is 5.74. The molecule has 3 aromatic rings. The summed E-state index contributed by atoms with van der Waals surface area (Å²) in [5.41, 5.74) is 2.59. The van der Waals surface area contributed by atoms with Crippen molar-refractivity contribution in [2.45, 2.75) is 39.2 Å². The van der Waals surface area contributed by atoms with Crippen molar-refractivity contribution in [3.05, 3.63) is 36.7 Å². The Bertz CT molecular complexity index is 873. The van der Waals surface area contributed by atoms with E-state index < -0.39 is 6.04 Å².